The van der Waals surface area contributed by atoms with E-state index in [0.29, 0.717) is 0 Å². The van der Waals surface area contributed by atoms with Gasteiger partial charge in [-0.2, -0.15) is 0 Å². The lowest BCUT2D eigenvalue weighted by molar-refractivity contribution is -0.0256. The van der Waals surface area contributed by atoms with Crippen LogP contribution in [0.15, 0.2) is 13.2 Å². The third kappa shape index (κ3) is 7.39. The number of nitrogens with one attached hydrogen (secondary N) is 1. The largest absolute Gasteiger partial charge is 0.317 e. The van der Waals surface area contributed by atoms with E-state index >= 15 is 0 Å². The predicted octanol–water partition coefficient (Wildman–Crippen LogP) is 7.02. The molecule has 29 heavy (non-hydrogen) atoms. The van der Waals surface area contributed by atoms with E-state index in [1.807, 2.05) is 13.8 Å². The van der Waals surface area contributed by atoms with E-state index in [0.717, 1.165) is 34.5 Å². The van der Waals surface area contributed by atoms with Gasteiger partial charge in [-0.3, -0.25) is 0 Å². The molecule has 0 aromatic rings. The van der Waals surface area contributed by atoms with E-state index in [1.165, 1.54) is 77.5 Å². The molecule has 2 heterocycles. The maximum absolute atomic E-state index is 3.45. The zero-order valence-electron chi connectivity index (χ0n) is 21.2. The quantitative estimate of drug-likeness (QED) is 0.496. The minimum atomic E-state index is 0.792. The highest BCUT2D eigenvalue weighted by Crippen LogP contribution is 2.55. The Labute approximate surface area is 184 Å². The van der Waals surface area contributed by atoms with Gasteiger partial charge >= 0.3 is 0 Å². The smallest absolute Gasteiger partial charge is 0.00165 e. The molecule has 4 rings (SSSR count). The first-order valence-corrected chi connectivity index (χ1v) is 12.7. The van der Waals surface area contributed by atoms with Crippen LogP contribution >= 0.6 is 0 Å². The van der Waals surface area contributed by atoms with Crippen molar-refractivity contribution < 1.29 is 0 Å². The molecule has 0 aromatic carbocycles. The molecule has 0 amide bonds. The summed E-state index contributed by atoms with van der Waals surface area (Å²) in [5.41, 5.74) is 1.58. The summed E-state index contributed by atoms with van der Waals surface area (Å²) in [5, 5.41) is 3.45. The molecule has 2 nitrogen and oxygen atoms in total. The Morgan fingerprint density at radius 2 is 1.07 bits per heavy atom. The molecule has 2 aliphatic carbocycles. The van der Waals surface area contributed by atoms with Crippen molar-refractivity contribution in [3.05, 3.63) is 13.2 Å². The Hall–Kier alpha value is -0.340. The van der Waals surface area contributed by atoms with Crippen molar-refractivity contribution in [3.8, 4) is 0 Å². The molecular weight excluding hydrogens is 352 g/mol. The summed E-state index contributed by atoms with van der Waals surface area (Å²) in [5.74, 6) is 3.93. The Balaban J connectivity index is 0.000000248. The van der Waals surface area contributed by atoms with Gasteiger partial charge in [0.15, 0.2) is 0 Å². The number of rotatable bonds is 2. The molecule has 0 radical (unpaired) electrons. The van der Waals surface area contributed by atoms with Gasteiger partial charge in [0.2, 0.25) is 0 Å². The number of piperidine rings is 2. The summed E-state index contributed by atoms with van der Waals surface area (Å²) in [6.45, 7) is 24.7. The van der Waals surface area contributed by atoms with Crippen molar-refractivity contribution in [1.29, 1.82) is 0 Å². The van der Waals surface area contributed by atoms with Crippen molar-refractivity contribution in [2.45, 2.75) is 92.9 Å². The van der Waals surface area contributed by atoms with Crippen LogP contribution in [0.1, 0.15) is 92.9 Å². The van der Waals surface area contributed by atoms with Gasteiger partial charge in [0.1, 0.15) is 0 Å². The molecule has 0 unspecified atom stereocenters. The van der Waals surface area contributed by atoms with Crippen LogP contribution < -0.4 is 5.32 Å². The van der Waals surface area contributed by atoms with Crippen LogP contribution in [0.25, 0.3) is 0 Å². The molecule has 2 spiro atoms. The van der Waals surface area contributed by atoms with E-state index in [2.05, 4.69) is 58.1 Å². The second-order valence-electron chi connectivity index (χ2n) is 10.9. The van der Waals surface area contributed by atoms with Gasteiger partial charge in [-0.25, -0.2) is 0 Å². The zero-order valence-corrected chi connectivity index (χ0v) is 21.2. The Bertz CT molecular complexity index is 412. The fraction of sp³-hybridized carbons (Fsp3) is 0.926. The van der Waals surface area contributed by atoms with Gasteiger partial charge in [0.05, 0.1) is 0 Å². The molecule has 2 heteroatoms. The third-order valence-electron chi connectivity index (χ3n) is 8.38. The van der Waals surface area contributed by atoms with Crippen LogP contribution in [0.4, 0.5) is 0 Å². The van der Waals surface area contributed by atoms with Crippen LogP contribution in [-0.2, 0) is 0 Å². The first-order valence-electron chi connectivity index (χ1n) is 12.7. The Morgan fingerprint density at radius 1 is 0.724 bits per heavy atom. The minimum Gasteiger partial charge on any atom is -0.317 e. The number of hydrogen-bond donors (Lipinski definition) is 1. The Morgan fingerprint density at radius 3 is 1.41 bits per heavy atom. The molecule has 1 N–H and O–H groups in total. The maximum Gasteiger partial charge on any atom is -0.00165 e. The summed E-state index contributed by atoms with van der Waals surface area (Å²) in [7, 11) is 2.26. The van der Waals surface area contributed by atoms with E-state index < -0.39 is 0 Å². The summed E-state index contributed by atoms with van der Waals surface area (Å²) < 4.78 is 0. The van der Waals surface area contributed by atoms with E-state index in [1.54, 1.807) is 0 Å². The van der Waals surface area contributed by atoms with Gasteiger partial charge in [-0.1, -0.05) is 41.5 Å². The zero-order chi connectivity index (χ0) is 22.1. The molecule has 2 saturated heterocycles. The highest BCUT2D eigenvalue weighted by molar-refractivity contribution is 4.98. The van der Waals surface area contributed by atoms with Crippen molar-refractivity contribution in [2.24, 2.45) is 34.5 Å². The van der Waals surface area contributed by atoms with Crippen molar-refractivity contribution in [3.63, 3.8) is 0 Å². The second kappa shape index (κ2) is 12.5. The van der Waals surface area contributed by atoms with Crippen LogP contribution in [0.5, 0.6) is 0 Å². The van der Waals surface area contributed by atoms with Gasteiger partial charge in [0, 0.05) is 0 Å². The normalized spacial score (nSPS) is 27.6. The predicted molar refractivity (Wildman–Crippen MR) is 131 cm³/mol. The van der Waals surface area contributed by atoms with E-state index in [-0.39, 0.29) is 0 Å². The summed E-state index contributed by atoms with van der Waals surface area (Å²) in [6.07, 6.45) is 11.9. The first kappa shape index (κ1) is 26.7. The van der Waals surface area contributed by atoms with Crippen LogP contribution in [0.2, 0.25) is 0 Å². The molecule has 0 aromatic heterocycles. The average Bonchev–Trinajstić information content (AvgIpc) is 2.69. The van der Waals surface area contributed by atoms with Crippen molar-refractivity contribution >= 4 is 0 Å². The molecule has 2 aliphatic heterocycles. The molecule has 4 fully saturated rings. The van der Waals surface area contributed by atoms with Gasteiger partial charge in [-0.15, -0.1) is 13.2 Å². The van der Waals surface area contributed by atoms with Crippen LogP contribution in [0.3, 0.4) is 0 Å². The van der Waals surface area contributed by atoms with Crippen LogP contribution in [0, 0.1) is 34.5 Å². The lowest BCUT2D eigenvalue weighted by Gasteiger charge is -2.53. The van der Waals surface area contributed by atoms with E-state index in [9.17, 15) is 0 Å². The second-order valence-corrected chi connectivity index (χ2v) is 10.9. The topological polar surface area (TPSA) is 15.3 Å². The summed E-state index contributed by atoms with van der Waals surface area (Å²) in [6, 6.07) is 0. The third-order valence-corrected chi connectivity index (χ3v) is 8.38. The first-order chi connectivity index (χ1) is 13.8. The number of nitrogens with zero attached hydrogens (tertiary/aromatic N) is 1. The average molecular weight is 407 g/mol. The van der Waals surface area contributed by atoms with Crippen LogP contribution in [-0.4, -0.2) is 38.1 Å². The SMILES string of the molecule is C=C.CC.CC(C)C1CC2(CCN(C)CC2)C1.CC(C)C1CC2(CCNCC2)C1. The molecule has 0 atom stereocenters. The highest BCUT2D eigenvalue weighted by Gasteiger charge is 2.46. The molecule has 172 valence electrons. The lowest BCUT2D eigenvalue weighted by atomic mass is 9.55. The highest BCUT2D eigenvalue weighted by atomic mass is 15.1. The molecular formula is C27H54N2. The van der Waals surface area contributed by atoms with Crippen molar-refractivity contribution in [2.75, 3.05) is 33.2 Å². The van der Waals surface area contributed by atoms with Gasteiger partial charge < -0.3 is 10.2 Å². The molecule has 2 saturated carbocycles. The lowest BCUT2D eigenvalue weighted by Crippen LogP contribution is -2.47. The monoisotopic (exact) mass is 406 g/mol. The van der Waals surface area contributed by atoms with E-state index in [4.69, 9.17) is 0 Å². The van der Waals surface area contributed by atoms with Crippen molar-refractivity contribution in [1.82, 2.24) is 10.2 Å². The van der Waals surface area contributed by atoms with Gasteiger partial charge in [-0.05, 0) is 119 Å². The molecule has 4 aliphatic rings. The minimum absolute atomic E-state index is 0.792. The summed E-state index contributed by atoms with van der Waals surface area (Å²) in [4.78, 5) is 2.48. The fourth-order valence-corrected chi connectivity index (χ4v) is 5.91. The van der Waals surface area contributed by atoms with Gasteiger partial charge in [0.25, 0.3) is 0 Å². The summed E-state index contributed by atoms with van der Waals surface area (Å²) >= 11 is 0. The number of hydrogen-bond acceptors (Lipinski definition) is 2. The Kier molecular flexibility index (Phi) is 11.5. The fourth-order valence-electron chi connectivity index (χ4n) is 5.91. The standard InChI is InChI=1S/C12H23N.C11H21N.C2H6.C2H4/c1-10(2)11-8-12(9-11)4-6-13(3)7-5-12;1-9(2)10-7-11(8-10)3-5-12-6-4-11;2*1-2/h10-11H,4-9H2,1-3H3;9-10,12H,3-8H2,1-2H3;1-2H3;1-2H2. The maximum atomic E-state index is 3.45. The molecule has 0 bridgehead atoms. The number of likely N-dealkylation sites (tertiary alicyclic amines) is 1.